The maximum absolute atomic E-state index is 12.8. The maximum atomic E-state index is 12.8. The summed E-state index contributed by atoms with van der Waals surface area (Å²) in [6.07, 6.45) is 1.78. The SMILES string of the molecule is CCNCC1CCN(S(=O)(=O)c2ccc(C#N)cc2C)CC1. The third-order valence-corrected chi connectivity index (χ3v) is 6.24. The topological polar surface area (TPSA) is 73.2 Å². The second-order valence-corrected chi connectivity index (χ2v) is 7.65. The van der Waals surface area contributed by atoms with E-state index in [1.807, 2.05) is 6.07 Å². The van der Waals surface area contributed by atoms with Crippen molar-refractivity contribution < 1.29 is 8.42 Å². The van der Waals surface area contributed by atoms with Crippen LogP contribution in [0.5, 0.6) is 0 Å². The zero-order valence-electron chi connectivity index (χ0n) is 13.2. The van der Waals surface area contributed by atoms with E-state index in [4.69, 9.17) is 5.26 Å². The second kappa shape index (κ2) is 7.23. The lowest BCUT2D eigenvalue weighted by Crippen LogP contribution is -2.40. The minimum Gasteiger partial charge on any atom is -0.317 e. The van der Waals surface area contributed by atoms with Gasteiger partial charge in [-0.25, -0.2) is 8.42 Å². The number of nitriles is 1. The minimum atomic E-state index is -3.46. The average molecular weight is 321 g/mol. The van der Waals surface area contributed by atoms with Crippen LogP contribution < -0.4 is 5.32 Å². The molecule has 120 valence electrons. The third kappa shape index (κ3) is 3.67. The molecule has 0 aliphatic carbocycles. The first-order valence-electron chi connectivity index (χ1n) is 7.70. The molecule has 0 saturated carbocycles. The van der Waals surface area contributed by atoms with Gasteiger partial charge in [-0.2, -0.15) is 9.57 Å². The number of sulfonamides is 1. The Morgan fingerprint density at radius 3 is 2.59 bits per heavy atom. The van der Waals surface area contributed by atoms with Crippen molar-refractivity contribution in [1.82, 2.24) is 9.62 Å². The monoisotopic (exact) mass is 321 g/mol. The van der Waals surface area contributed by atoms with Gasteiger partial charge in [-0.1, -0.05) is 6.92 Å². The molecule has 1 fully saturated rings. The Labute approximate surface area is 133 Å². The highest BCUT2D eigenvalue weighted by Crippen LogP contribution is 2.25. The molecule has 2 rings (SSSR count). The molecular formula is C16H23N3O2S. The summed E-state index contributed by atoms with van der Waals surface area (Å²) in [7, 11) is -3.46. The third-order valence-electron chi connectivity index (χ3n) is 4.18. The van der Waals surface area contributed by atoms with Crippen LogP contribution in [0.2, 0.25) is 0 Å². The number of aryl methyl sites for hydroxylation is 1. The standard InChI is InChI=1S/C16H23N3O2S/c1-3-18-12-14-6-8-19(9-7-14)22(20,21)16-5-4-15(11-17)10-13(16)2/h4-5,10,14,18H,3,6-9,12H2,1-2H3. The van der Waals surface area contributed by atoms with Crippen molar-refractivity contribution in [3.05, 3.63) is 29.3 Å². The first-order chi connectivity index (χ1) is 10.5. The molecule has 0 atom stereocenters. The van der Waals surface area contributed by atoms with Gasteiger partial charge in [0, 0.05) is 13.1 Å². The molecule has 1 aliphatic heterocycles. The molecule has 0 aromatic heterocycles. The van der Waals surface area contributed by atoms with Crippen LogP contribution in [0.15, 0.2) is 23.1 Å². The number of rotatable bonds is 5. The maximum Gasteiger partial charge on any atom is 0.243 e. The van der Waals surface area contributed by atoms with Crippen LogP contribution in [0.1, 0.15) is 30.9 Å². The van der Waals surface area contributed by atoms with Crippen LogP contribution in [0.3, 0.4) is 0 Å². The van der Waals surface area contributed by atoms with Gasteiger partial charge >= 0.3 is 0 Å². The Kier molecular flexibility index (Phi) is 5.57. The van der Waals surface area contributed by atoms with Gasteiger partial charge in [0.15, 0.2) is 0 Å². The molecule has 1 aliphatic rings. The molecular weight excluding hydrogens is 298 g/mol. The summed E-state index contributed by atoms with van der Waals surface area (Å²) in [6, 6.07) is 6.78. The fourth-order valence-electron chi connectivity index (χ4n) is 2.85. The fourth-order valence-corrected chi connectivity index (χ4v) is 4.53. The van der Waals surface area contributed by atoms with E-state index in [2.05, 4.69) is 12.2 Å². The van der Waals surface area contributed by atoms with Gasteiger partial charge in [0.2, 0.25) is 10.0 Å². The molecule has 0 amide bonds. The molecule has 1 saturated heterocycles. The van der Waals surface area contributed by atoms with Crippen LogP contribution in [0.25, 0.3) is 0 Å². The van der Waals surface area contributed by atoms with Crippen molar-refractivity contribution in [3.63, 3.8) is 0 Å². The average Bonchev–Trinajstić information content (AvgIpc) is 2.52. The smallest absolute Gasteiger partial charge is 0.243 e. The molecule has 0 radical (unpaired) electrons. The van der Waals surface area contributed by atoms with Crippen LogP contribution >= 0.6 is 0 Å². The Balaban J connectivity index is 2.11. The van der Waals surface area contributed by atoms with E-state index in [-0.39, 0.29) is 0 Å². The number of hydrogen-bond donors (Lipinski definition) is 1. The van der Waals surface area contributed by atoms with Gasteiger partial charge in [0.25, 0.3) is 0 Å². The van der Waals surface area contributed by atoms with Crippen molar-refractivity contribution in [2.45, 2.75) is 31.6 Å². The first kappa shape index (κ1) is 16.9. The molecule has 1 aromatic rings. The lowest BCUT2D eigenvalue weighted by Gasteiger charge is -2.31. The number of nitrogens with zero attached hydrogens (tertiary/aromatic N) is 2. The van der Waals surface area contributed by atoms with Gasteiger partial charge in [-0.3, -0.25) is 0 Å². The van der Waals surface area contributed by atoms with Crippen molar-refractivity contribution in [3.8, 4) is 6.07 Å². The number of hydrogen-bond acceptors (Lipinski definition) is 4. The molecule has 22 heavy (non-hydrogen) atoms. The first-order valence-corrected chi connectivity index (χ1v) is 9.14. The van der Waals surface area contributed by atoms with Crippen molar-refractivity contribution in [1.29, 1.82) is 5.26 Å². The highest BCUT2D eigenvalue weighted by Gasteiger charge is 2.30. The normalized spacial score (nSPS) is 17.3. The summed E-state index contributed by atoms with van der Waals surface area (Å²) in [5, 5.41) is 12.2. The number of piperidine rings is 1. The van der Waals surface area contributed by atoms with Crippen LogP contribution in [0, 0.1) is 24.2 Å². The Bertz CT molecular complexity index is 656. The second-order valence-electron chi connectivity index (χ2n) is 5.75. The number of benzene rings is 1. The minimum absolute atomic E-state index is 0.316. The van der Waals surface area contributed by atoms with E-state index in [1.165, 1.54) is 0 Å². The van der Waals surface area contributed by atoms with Crippen molar-refractivity contribution in [2.24, 2.45) is 5.92 Å². The Morgan fingerprint density at radius 1 is 1.36 bits per heavy atom. The lowest BCUT2D eigenvalue weighted by molar-refractivity contribution is 0.268. The Hall–Kier alpha value is -1.42. The van der Waals surface area contributed by atoms with Gasteiger partial charge in [-0.15, -0.1) is 0 Å². The number of nitrogens with one attached hydrogen (secondary N) is 1. The van der Waals surface area contributed by atoms with E-state index >= 15 is 0 Å². The summed E-state index contributed by atoms with van der Waals surface area (Å²) >= 11 is 0. The van der Waals surface area contributed by atoms with Crippen LogP contribution in [0.4, 0.5) is 0 Å². The van der Waals surface area contributed by atoms with Crippen molar-refractivity contribution in [2.75, 3.05) is 26.2 Å². The van der Waals surface area contributed by atoms with E-state index in [0.29, 0.717) is 35.0 Å². The predicted molar refractivity (Wildman–Crippen MR) is 85.9 cm³/mol. The molecule has 1 heterocycles. The zero-order valence-corrected chi connectivity index (χ0v) is 14.0. The zero-order chi connectivity index (χ0) is 16.2. The van der Waals surface area contributed by atoms with E-state index in [1.54, 1.807) is 29.4 Å². The molecule has 6 heteroatoms. The molecule has 0 unspecified atom stereocenters. The van der Waals surface area contributed by atoms with E-state index in [0.717, 1.165) is 25.9 Å². The summed E-state index contributed by atoms with van der Waals surface area (Å²) < 4.78 is 27.1. The van der Waals surface area contributed by atoms with Crippen LogP contribution in [-0.2, 0) is 10.0 Å². The van der Waals surface area contributed by atoms with Gasteiger partial charge in [0.05, 0.1) is 16.5 Å². The van der Waals surface area contributed by atoms with Gasteiger partial charge in [-0.05, 0) is 62.5 Å². The largest absolute Gasteiger partial charge is 0.317 e. The molecule has 0 spiro atoms. The molecule has 1 aromatic carbocycles. The quantitative estimate of drug-likeness (QED) is 0.898. The molecule has 5 nitrogen and oxygen atoms in total. The summed E-state index contributed by atoms with van der Waals surface area (Å²) in [5.41, 5.74) is 1.12. The fraction of sp³-hybridized carbons (Fsp3) is 0.562. The Morgan fingerprint density at radius 2 is 2.05 bits per heavy atom. The highest BCUT2D eigenvalue weighted by molar-refractivity contribution is 7.89. The summed E-state index contributed by atoms with van der Waals surface area (Å²) in [5.74, 6) is 0.550. The van der Waals surface area contributed by atoms with E-state index < -0.39 is 10.0 Å². The lowest BCUT2D eigenvalue weighted by atomic mass is 9.98. The molecule has 1 N–H and O–H groups in total. The van der Waals surface area contributed by atoms with Crippen molar-refractivity contribution >= 4 is 10.0 Å². The highest BCUT2D eigenvalue weighted by atomic mass is 32.2. The summed E-state index contributed by atoms with van der Waals surface area (Å²) in [6.45, 7) is 6.86. The molecule has 0 bridgehead atoms. The van der Waals surface area contributed by atoms with Gasteiger partial charge < -0.3 is 5.32 Å². The predicted octanol–water partition coefficient (Wildman–Crippen LogP) is 1.88. The van der Waals surface area contributed by atoms with Gasteiger partial charge in [0.1, 0.15) is 0 Å². The van der Waals surface area contributed by atoms with Crippen LogP contribution in [-0.4, -0.2) is 38.9 Å². The summed E-state index contributed by atoms with van der Waals surface area (Å²) in [4.78, 5) is 0.316. The van der Waals surface area contributed by atoms with E-state index in [9.17, 15) is 8.42 Å².